The molecular weight excluding hydrogens is 782 g/mol. The summed E-state index contributed by atoms with van der Waals surface area (Å²) in [6, 6.07) is 0. The number of nitrogens with two attached hydrogens (primary N) is 1. The van der Waals surface area contributed by atoms with Crippen LogP contribution in [-0.4, -0.2) is 172 Å². The molecule has 7 fully saturated rings. The molecule has 0 aromatic heterocycles. The Balaban J connectivity index is 0.749. The molecule has 6 heterocycles. The lowest BCUT2D eigenvalue weighted by molar-refractivity contribution is -0.286. The number of ketones is 1. The Morgan fingerprint density at radius 1 is 0.881 bits per heavy atom. The number of carbonyl (C=O) groups excluding carboxylic acids is 6. The van der Waals surface area contributed by atoms with Crippen molar-refractivity contribution in [3.63, 3.8) is 0 Å². The molecule has 6 aliphatic heterocycles. The highest BCUT2D eigenvalue weighted by molar-refractivity contribution is 5.99. The maximum atomic E-state index is 13.7. The molecule has 3 amide bonds. The summed E-state index contributed by atoms with van der Waals surface area (Å²) in [6.45, 7) is 6.63. The monoisotopic (exact) mass is 833 g/mol. The molecule has 324 valence electrons. The van der Waals surface area contributed by atoms with Gasteiger partial charge in [0.15, 0.2) is 36.5 Å². The first-order valence-electron chi connectivity index (χ1n) is 20.5. The van der Waals surface area contributed by atoms with E-state index in [9.17, 15) is 44.1 Å². The fourth-order valence-electron chi connectivity index (χ4n) is 11.4. The van der Waals surface area contributed by atoms with E-state index in [1.807, 2.05) is 13.8 Å². The Morgan fingerprint density at radius 2 is 1.54 bits per heavy atom. The topological polar surface area (TPSA) is 279 Å². The predicted molar refractivity (Wildman–Crippen MR) is 191 cm³/mol. The summed E-state index contributed by atoms with van der Waals surface area (Å²) in [5.41, 5.74) is 2.83. The number of fused-ring (bicyclic) bond motifs is 4. The normalized spacial score (nSPS) is 43.5. The number of ether oxygens (including phenoxy) is 8. The highest BCUT2D eigenvalue weighted by Gasteiger charge is 3.01. The van der Waals surface area contributed by atoms with E-state index in [-0.39, 0.29) is 106 Å². The van der Waals surface area contributed by atoms with E-state index in [1.165, 1.54) is 4.90 Å². The van der Waals surface area contributed by atoms with Crippen LogP contribution in [-0.2, 0) is 61.9 Å². The number of hydrogen-bond acceptors (Lipinski definition) is 17. The molecule has 2 saturated carbocycles. The van der Waals surface area contributed by atoms with E-state index in [4.69, 9.17) is 38.9 Å². The van der Waals surface area contributed by atoms with Gasteiger partial charge in [0.25, 0.3) is 0 Å². The summed E-state index contributed by atoms with van der Waals surface area (Å²) in [7, 11) is 0. The summed E-state index contributed by atoms with van der Waals surface area (Å²) in [5.74, 6) is -1.23. The van der Waals surface area contributed by atoms with Crippen molar-refractivity contribution >= 4 is 35.6 Å². The van der Waals surface area contributed by atoms with Crippen molar-refractivity contribution < 1.29 is 82.0 Å². The number of epoxide rings is 3. The van der Waals surface area contributed by atoms with Crippen molar-refractivity contribution in [2.75, 3.05) is 39.4 Å². The standard InChI is InChI=1S/C39H51N3O17/c1-17(2)37-31(58-37)32-39(59-32)36(3)9-8-18-20(43)15-53-29(18)19(36)14-22-38(39,57-22)34(37)55-26(47)7-5-24(45)42-12-10-41(11-13-42)23(44)4-6-25(46)52-16-21-27(48)30(56-35(40)51)28(49)33(50)54-21/h17,19,21-22,27-28,30-34,48-50H,4-16H2,1-3H3,(H2,40,51)/t19?,21-,22+,27-,28+,30+,31+,32+,33?,34-,36+,37+,38-,39-/m1/s1. The fraction of sp³-hybridized carbons (Fsp3) is 0.795. The van der Waals surface area contributed by atoms with Gasteiger partial charge in [0.05, 0.1) is 18.9 Å². The van der Waals surface area contributed by atoms with Crippen LogP contribution in [0.3, 0.4) is 0 Å². The third kappa shape index (κ3) is 5.94. The van der Waals surface area contributed by atoms with Gasteiger partial charge in [-0.3, -0.25) is 24.0 Å². The first-order valence-corrected chi connectivity index (χ1v) is 20.5. The summed E-state index contributed by atoms with van der Waals surface area (Å²) < 4.78 is 47.0. The van der Waals surface area contributed by atoms with E-state index in [2.05, 4.69) is 11.7 Å². The number of nitrogens with zero attached hydrogens (tertiary/aromatic N) is 2. The van der Waals surface area contributed by atoms with Gasteiger partial charge in [0, 0.05) is 55.9 Å². The number of Topliss-reactive ketones (excluding diaryl/α,β-unsaturated/α-hetero) is 1. The smallest absolute Gasteiger partial charge is 0.404 e. The molecule has 0 aromatic carbocycles. The number of piperazine rings is 1. The number of amides is 3. The van der Waals surface area contributed by atoms with E-state index >= 15 is 0 Å². The van der Waals surface area contributed by atoms with Gasteiger partial charge in [-0.2, -0.15) is 0 Å². The molecular formula is C39H51N3O17. The highest BCUT2D eigenvalue weighted by atomic mass is 16.8. The highest BCUT2D eigenvalue weighted by Crippen LogP contribution is 2.83. The van der Waals surface area contributed by atoms with E-state index < -0.39 is 83.7 Å². The first-order chi connectivity index (χ1) is 28.0. The van der Waals surface area contributed by atoms with Crippen LogP contribution >= 0.6 is 0 Å². The molecule has 0 bridgehead atoms. The van der Waals surface area contributed by atoms with Crippen molar-refractivity contribution in [3.8, 4) is 0 Å². The Bertz CT molecular complexity index is 1870. The van der Waals surface area contributed by atoms with Crippen molar-refractivity contribution in [2.24, 2.45) is 23.0 Å². The molecule has 2 unspecified atom stereocenters. The number of aliphatic hydroxyl groups is 3. The minimum Gasteiger partial charge on any atom is -0.489 e. The van der Waals surface area contributed by atoms with Gasteiger partial charge in [0.2, 0.25) is 11.8 Å². The van der Waals surface area contributed by atoms with Crippen LogP contribution in [0, 0.1) is 17.3 Å². The van der Waals surface area contributed by atoms with Gasteiger partial charge in [-0.15, -0.1) is 0 Å². The van der Waals surface area contributed by atoms with Gasteiger partial charge >= 0.3 is 18.0 Å². The van der Waals surface area contributed by atoms with Crippen LogP contribution in [0.15, 0.2) is 11.3 Å². The average molecular weight is 834 g/mol. The van der Waals surface area contributed by atoms with Crippen LogP contribution in [0.4, 0.5) is 4.79 Å². The molecule has 2 spiro atoms. The second-order valence-electron chi connectivity index (χ2n) is 17.7. The van der Waals surface area contributed by atoms with Gasteiger partial charge in [-0.25, -0.2) is 4.79 Å². The van der Waals surface area contributed by atoms with E-state index in [1.54, 1.807) is 4.90 Å². The molecule has 3 aliphatic carbocycles. The lowest BCUT2D eigenvalue weighted by Gasteiger charge is -2.53. The lowest BCUT2D eigenvalue weighted by atomic mass is 9.47. The molecule has 0 aromatic rings. The number of primary amides is 1. The van der Waals surface area contributed by atoms with Gasteiger partial charge in [-0.05, 0) is 25.2 Å². The molecule has 0 radical (unpaired) electrons. The Labute approximate surface area is 338 Å². The van der Waals surface area contributed by atoms with Crippen LogP contribution in [0.25, 0.3) is 0 Å². The fourth-order valence-corrected chi connectivity index (χ4v) is 11.4. The summed E-state index contributed by atoms with van der Waals surface area (Å²) >= 11 is 0. The van der Waals surface area contributed by atoms with Crippen LogP contribution in [0.2, 0.25) is 0 Å². The third-order valence-electron chi connectivity index (χ3n) is 14.6. The molecule has 9 aliphatic rings. The number of aliphatic hydroxyl groups excluding tert-OH is 3. The number of rotatable bonds is 11. The zero-order valence-corrected chi connectivity index (χ0v) is 33.1. The predicted octanol–water partition coefficient (Wildman–Crippen LogP) is -1.67. The summed E-state index contributed by atoms with van der Waals surface area (Å²) in [4.78, 5) is 79.1. The SMILES string of the molecule is CC(C)[C@]12O[C@H]1[C@@H]1O[C@]13[C@]1(O[C@H]1CC1C4=C(CC[C@@]13C)C(=O)CO4)[C@@H]2OC(=O)CCC(=O)N1CCN(C(=O)CCC(=O)OC[C@H]2OC(O)[C@@H](O)[C@@H](OC(N)=O)[C@@H]2O)CC1. The van der Waals surface area contributed by atoms with Crippen molar-refractivity contribution in [1.29, 1.82) is 0 Å². The number of hydrogen-bond donors (Lipinski definition) is 4. The number of carbonyl (C=O) groups is 6. The maximum absolute atomic E-state index is 13.7. The van der Waals surface area contributed by atoms with Crippen LogP contribution in [0.1, 0.15) is 65.7 Å². The summed E-state index contributed by atoms with van der Waals surface area (Å²) in [5, 5.41) is 30.2. The zero-order chi connectivity index (χ0) is 42.0. The lowest BCUT2D eigenvalue weighted by Crippen LogP contribution is -2.70. The quantitative estimate of drug-likeness (QED) is 0.103. The van der Waals surface area contributed by atoms with Crippen molar-refractivity contribution in [3.05, 3.63) is 11.3 Å². The summed E-state index contributed by atoms with van der Waals surface area (Å²) in [6.07, 6.45) is -9.98. The Kier molecular flexibility index (Phi) is 9.65. The van der Waals surface area contributed by atoms with Gasteiger partial charge in [-0.1, -0.05) is 20.8 Å². The Hall–Kier alpha value is -3.92. The van der Waals surface area contributed by atoms with E-state index in [0.717, 1.165) is 11.3 Å². The van der Waals surface area contributed by atoms with Crippen LogP contribution < -0.4 is 5.73 Å². The van der Waals surface area contributed by atoms with Gasteiger partial charge < -0.3 is 68.7 Å². The third-order valence-corrected chi connectivity index (χ3v) is 14.6. The number of esters is 2. The first kappa shape index (κ1) is 40.5. The van der Waals surface area contributed by atoms with Crippen molar-refractivity contribution in [2.45, 2.75) is 138 Å². The van der Waals surface area contributed by atoms with Crippen LogP contribution in [0.5, 0.6) is 0 Å². The second-order valence-corrected chi connectivity index (χ2v) is 17.7. The second kappa shape index (κ2) is 14.1. The molecule has 9 rings (SSSR count). The molecule has 20 heteroatoms. The van der Waals surface area contributed by atoms with Crippen molar-refractivity contribution in [1.82, 2.24) is 9.80 Å². The molecule has 20 nitrogen and oxygen atoms in total. The average Bonchev–Trinajstić information content (AvgIpc) is 4.14. The minimum absolute atomic E-state index is 0.0183. The maximum Gasteiger partial charge on any atom is 0.404 e. The molecule has 5 saturated heterocycles. The molecule has 5 N–H and O–H groups in total. The van der Waals surface area contributed by atoms with E-state index in [0.29, 0.717) is 19.3 Å². The zero-order valence-electron chi connectivity index (χ0n) is 33.1. The Morgan fingerprint density at radius 3 is 2.19 bits per heavy atom. The largest absolute Gasteiger partial charge is 0.489 e. The number of allylic oxidation sites excluding steroid dienone is 1. The minimum atomic E-state index is -1.85. The molecule has 14 atom stereocenters. The van der Waals surface area contributed by atoms with Gasteiger partial charge in [0.1, 0.15) is 54.1 Å². The molecule has 59 heavy (non-hydrogen) atoms.